The van der Waals surface area contributed by atoms with Crippen LogP contribution in [0.4, 0.5) is 5.82 Å². The number of anilines is 1. The largest absolute Gasteiger partial charge is 0.493 e. The Labute approximate surface area is 174 Å². The molecule has 9 nitrogen and oxygen atoms in total. The van der Waals surface area contributed by atoms with Gasteiger partial charge >= 0.3 is 0 Å². The Morgan fingerprint density at radius 2 is 1.97 bits per heavy atom. The first-order chi connectivity index (χ1) is 14.6. The van der Waals surface area contributed by atoms with Gasteiger partial charge in [0.05, 0.1) is 14.2 Å². The summed E-state index contributed by atoms with van der Waals surface area (Å²) in [6.45, 7) is 2.78. The molecule has 0 bridgehead atoms. The summed E-state index contributed by atoms with van der Waals surface area (Å²) in [7, 11) is 3.15. The van der Waals surface area contributed by atoms with Gasteiger partial charge in [-0.1, -0.05) is 6.07 Å². The molecule has 0 aliphatic carbocycles. The number of hydrogen-bond acceptors (Lipinski definition) is 7. The fourth-order valence-electron chi connectivity index (χ4n) is 2.73. The first-order valence-electron chi connectivity index (χ1n) is 9.36. The summed E-state index contributed by atoms with van der Waals surface area (Å²) in [5.41, 5.74) is 0.837. The van der Waals surface area contributed by atoms with Gasteiger partial charge in [-0.15, -0.1) is 0 Å². The van der Waals surface area contributed by atoms with E-state index in [1.165, 1.54) is 6.08 Å². The third-order valence-electron chi connectivity index (χ3n) is 4.13. The molecule has 0 aliphatic rings. The Hall–Kier alpha value is -3.88. The van der Waals surface area contributed by atoms with E-state index in [0.717, 1.165) is 5.56 Å². The van der Waals surface area contributed by atoms with Gasteiger partial charge < -0.3 is 20.1 Å². The number of nitrogens with one attached hydrogen (secondary N) is 2. The molecule has 0 saturated heterocycles. The minimum absolute atomic E-state index is 0.192. The molecule has 156 valence electrons. The molecule has 2 aromatic heterocycles. The second-order valence-corrected chi connectivity index (χ2v) is 6.27. The van der Waals surface area contributed by atoms with E-state index in [4.69, 9.17) is 9.47 Å². The van der Waals surface area contributed by atoms with Crippen LogP contribution in [0.15, 0.2) is 48.8 Å². The maximum absolute atomic E-state index is 12.1. The minimum atomic E-state index is -0.192. The molecular weight excluding hydrogens is 384 g/mol. The predicted octanol–water partition coefficient (Wildman–Crippen LogP) is 2.23. The molecule has 1 amide bonds. The summed E-state index contributed by atoms with van der Waals surface area (Å²) >= 11 is 0. The highest BCUT2D eigenvalue weighted by Gasteiger charge is 2.05. The van der Waals surface area contributed by atoms with Crippen LogP contribution in [0.1, 0.15) is 11.4 Å². The number of aromatic nitrogens is 4. The van der Waals surface area contributed by atoms with E-state index in [2.05, 4.69) is 25.7 Å². The number of carbonyl (C=O) groups excluding carboxylic acids is 1. The fourth-order valence-corrected chi connectivity index (χ4v) is 2.73. The Bertz CT molecular complexity index is 1020. The van der Waals surface area contributed by atoms with Crippen molar-refractivity contribution in [3.8, 4) is 17.3 Å². The molecule has 3 rings (SSSR count). The van der Waals surface area contributed by atoms with Crippen LogP contribution in [-0.4, -0.2) is 53.0 Å². The zero-order chi connectivity index (χ0) is 21.3. The van der Waals surface area contributed by atoms with Crippen molar-refractivity contribution in [1.29, 1.82) is 0 Å². The number of hydrogen-bond donors (Lipinski definition) is 2. The molecule has 0 aliphatic heterocycles. The SMILES string of the molecule is COc1ccc(/C=C/C(=O)NCCNc2cc(-n3cccn3)nc(C)n2)cc1OC. The van der Waals surface area contributed by atoms with E-state index in [1.54, 1.807) is 49.4 Å². The van der Waals surface area contributed by atoms with Crippen molar-refractivity contribution in [3.05, 3.63) is 60.2 Å². The lowest BCUT2D eigenvalue weighted by molar-refractivity contribution is -0.116. The highest BCUT2D eigenvalue weighted by molar-refractivity contribution is 5.91. The van der Waals surface area contributed by atoms with Gasteiger partial charge in [-0.3, -0.25) is 4.79 Å². The van der Waals surface area contributed by atoms with Gasteiger partial charge in [0.15, 0.2) is 17.3 Å². The maximum Gasteiger partial charge on any atom is 0.244 e. The molecule has 2 N–H and O–H groups in total. The van der Waals surface area contributed by atoms with Gasteiger partial charge in [-0.25, -0.2) is 14.6 Å². The molecule has 2 heterocycles. The van der Waals surface area contributed by atoms with Crippen LogP contribution >= 0.6 is 0 Å². The summed E-state index contributed by atoms with van der Waals surface area (Å²) < 4.78 is 12.1. The number of nitrogens with zero attached hydrogens (tertiary/aromatic N) is 4. The normalized spacial score (nSPS) is 10.8. The monoisotopic (exact) mass is 408 g/mol. The molecule has 30 heavy (non-hydrogen) atoms. The van der Waals surface area contributed by atoms with Crippen LogP contribution in [0.25, 0.3) is 11.9 Å². The maximum atomic E-state index is 12.1. The Kier molecular flexibility index (Phi) is 6.99. The standard InChI is InChI=1S/C21H24N6O3/c1-15-25-19(14-20(26-15)27-12-4-9-24-27)22-10-11-23-21(28)8-6-16-5-7-17(29-2)18(13-16)30-3/h4-9,12-14H,10-11H2,1-3H3,(H,23,28)(H,22,25,26)/b8-6+. The van der Waals surface area contributed by atoms with Crippen molar-refractivity contribution in [2.24, 2.45) is 0 Å². The van der Waals surface area contributed by atoms with E-state index in [9.17, 15) is 4.79 Å². The average molecular weight is 408 g/mol. The van der Waals surface area contributed by atoms with E-state index in [-0.39, 0.29) is 5.91 Å². The van der Waals surface area contributed by atoms with E-state index < -0.39 is 0 Å². The molecule has 9 heteroatoms. The summed E-state index contributed by atoms with van der Waals surface area (Å²) in [6.07, 6.45) is 6.70. The molecular formula is C21H24N6O3. The topological polar surface area (TPSA) is 103 Å². The van der Waals surface area contributed by atoms with Crippen LogP contribution in [0.3, 0.4) is 0 Å². The average Bonchev–Trinajstić information content (AvgIpc) is 3.29. The second-order valence-electron chi connectivity index (χ2n) is 6.27. The smallest absolute Gasteiger partial charge is 0.244 e. The highest BCUT2D eigenvalue weighted by atomic mass is 16.5. The number of benzene rings is 1. The van der Waals surface area contributed by atoms with Crippen molar-refractivity contribution in [1.82, 2.24) is 25.1 Å². The van der Waals surface area contributed by atoms with Gasteiger partial charge in [-0.2, -0.15) is 5.10 Å². The van der Waals surface area contributed by atoms with E-state index >= 15 is 0 Å². The van der Waals surface area contributed by atoms with Gasteiger partial charge in [0, 0.05) is 37.6 Å². The van der Waals surface area contributed by atoms with Gasteiger partial charge in [0.25, 0.3) is 0 Å². The minimum Gasteiger partial charge on any atom is -0.493 e. The Balaban J connectivity index is 1.49. The Morgan fingerprint density at radius 3 is 2.70 bits per heavy atom. The van der Waals surface area contributed by atoms with Crippen molar-refractivity contribution >= 4 is 17.8 Å². The first-order valence-corrected chi connectivity index (χ1v) is 9.36. The second kappa shape index (κ2) is 10.1. The van der Waals surface area contributed by atoms with Gasteiger partial charge in [0.1, 0.15) is 11.6 Å². The van der Waals surface area contributed by atoms with E-state index in [0.29, 0.717) is 42.0 Å². The Morgan fingerprint density at radius 1 is 1.13 bits per heavy atom. The summed E-state index contributed by atoms with van der Waals surface area (Å²) in [5.74, 6) is 3.04. The van der Waals surface area contributed by atoms with Crippen LogP contribution in [0, 0.1) is 6.92 Å². The molecule has 0 unspecified atom stereocenters. The van der Waals surface area contributed by atoms with Crippen molar-refractivity contribution in [3.63, 3.8) is 0 Å². The lowest BCUT2D eigenvalue weighted by Crippen LogP contribution is -2.27. The molecule has 0 atom stereocenters. The predicted molar refractivity (Wildman–Crippen MR) is 114 cm³/mol. The number of carbonyl (C=O) groups is 1. The summed E-state index contributed by atoms with van der Waals surface area (Å²) in [5, 5.41) is 10.2. The number of aryl methyl sites for hydroxylation is 1. The van der Waals surface area contributed by atoms with Crippen LogP contribution in [0.2, 0.25) is 0 Å². The summed E-state index contributed by atoms with van der Waals surface area (Å²) in [4.78, 5) is 20.8. The number of rotatable bonds is 9. The molecule has 0 fully saturated rings. The molecule has 0 saturated carbocycles. The van der Waals surface area contributed by atoms with Crippen LogP contribution in [-0.2, 0) is 4.79 Å². The van der Waals surface area contributed by atoms with Gasteiger partial charge in [0.2, 0.25) is 5.91 Å². The molecule has 3 aromatic rings. The van der Waals surface area contributed by atoms with Crippen molar-refractivity contribution in [2.45, 2.75) is 6.92 Å². The number of ether oxygens (including phenoxy) is 2. The third-order valence-corrected chi connectivity index (χ3v) is 4.13. The number of amides is 1. The lowest BCUT2D eigenvalue weighted by Gasteiger charge is -2.09. The van der Waals surface area contributed by atoms with Crippen molar-refractivity contribution < 1.29 is 14.3 Å². The zero-order valence-corrected chi connectivity index (χ0v) is 17.1. The summed E-state index contributed by atoms with van der Waals surface area (Å²) in [6, 6.07) is 9.08. The highest BCUT2D eigenvalue weighted by Crippen LogP contribution is 2.27. The lowest BCUT2D eigenvalue weighted by atomic mass is 10.2. The van der Waals surface area contributed by atoms with Crippen LogP contribution < -0.4 is 20.1 Å². The molecule has 1 aromatic carbocycles. The number of methoxy groups -OCH3 is 2. The van der Waals surface area contributed by atoms with Crippen molar-refractivity contribution in [2.75, 3.05) is 32.6 Å². The van der Waals surface area contributed by atoms with E-state index in [1.807, 2.05) is 25.3 Å². The molecule has 0 spiro atoms. The third kappa shape index (κ3) is 5.57. The van der Waals surface area contributed by atoms with Crippen LogP contribution in [0.5, 0.6) is 11.5 Å². The molecule has 0 radical (unpaired) electrons. The quantitative estimate of drug-likeness (QED) is 0.413. The first kappa shape index (κ1) is 20.8. The zero-order valence-electron chi connectivity index (χ0n) is 17.1. The fraction of sp³-hybridized carbons (Fsp3) is 0.238. The van der Waals surface area contributed by atoms with Gasteiger partial charge in [-0.05, 0) is 36.8 Å².